The zero-order chi connectivity index (χ0) is 19.4. The van der Waals surface area contributed by atoms with Gasteiger partial charge in [-0.2, -0.15) is 13.2 Å². The molecule has 0 spiro atoms. The van der Waals surface area contributed by atoms with Crippen LogP contribution in [0.15, 0.2) is 33.8 Å². The number of Topliss-reactive ketones (excluding diaryl/α,β-unsaturated/α-hetero) is 2. The standard InChI is InChI=1S/C18H21BrF3NO2/c1-5-6-16(17(25)11(3)10(2)12(4)24)23-13-7-8-15(19)14(9-13)18(20,21)22/h7-9,16,23H,5-6H2,1-4H3/b11-10-. The molecule has 0 bridgehead atoms. The van der Waals surface area contributed by atoms with E-state index in [1.807, 2.05) is 6.92 Å². The number of halogens is 4. The van der Waals surface area contributed by atoms with Crippen molar-refractivity contribution in [3.63, 3.8) is 0 Å². The van der Waals surface area contributed by atoms with Crippen LogP contribution in [0.3, 0.4) is 0 Å². The minimum atomic E-state index is -4.50. The molecule has 3 nitrogen and oxygen atoms in total. The van der Waals surface area contributed by atoms with Gasteiger partial charge in [-0.1, -0.05) is 29.3 Å². The van der Waals surface area contributed by atoms with Crippen molar-refractivity contribution < 1.29 is 22.8 Å². The highest BCUT2D eigenvalue weighted by Gasteiger charge is 2.33. The first-order valence-corrected chi connectivity index (χ1v) is 8.64. The van der Waals surface area contributed by atoms with Crippen molar-refractivity contribution in [1.29, 1.82) is 0 Å². The maximum Gasteiger partial charge on any atom is 0.417 e. The van der Waals surface area contributed by atoms with E-state index in [-0.39, 0.29) is 21.7 Å². The Morgan fingerprint density at radius 3 is 2.24 bits per heavy atom. The zero-order valence-electron chi connectivity index (χ0n) is 14.6. The Labute approximate surface area is 153 Å². The molecule has 7 heteroatoms. The number of allylic oxidation sites excluding steroid dienone is 1. The van der Waals surface area contributed by atoms with Crippen molar-refractivity contribution >= 4 is 33.2 Å². The van der Waals surface area contributed by atoms with Gasteiger partial charge in [0.2, 0.25) is 0 Å². The van der Waals surface area contributed by atoms with Gasteiger partial charge in [0.15, 0.2) is 11.6 Å². The van der Waals surface area contributed by atoms with Crippen LogP contribution in [0.4, 0.5) is 18.9 Å². The molecule has 1 unspecified atom stereocenters. The highest BCUT2D eigenvalue weighted by atomic mass is 79.9. The minimum absolute atomic E-state index is 0.0626. The van der Waals surface area contributed by atoms with Crippen LogP contribution < -0.4 is 5.32 Å². The summed E-state index contributed by atoms with van der Waals surface area (Å²) in [5.74, 6) is -0.491. The fraction of sp³-hybridized carbons (Fsp3) is 0.444. The molecule has 138 valence electrons. The molecule has 1 rings (SSSR count). The third-order valence-corrected chi connectivity index (χ3v) is 4.66. The number of carbonyl (C=O) groups excluding carboxylic acids is 2. The molecule has 1 atom stereocenters. The highest BCUT2D eigenvalue weighted by molar-refractivity contribution is 9.10. The zero-order valence-corrected chi connectivity index (χ0v) is 16.1. The van der Waals surface area contributed by atoms with E-state index >= 15 is 0 Å². The number of hydrogen-bond acceptors (Lipinski definition) is 3. The molecule has 0 aromatic heterocycles. The average Bonchev–Trinajstić information content (AvgIpc) is 2.52. The lowest BCUT2D eigenvalue weighted by molar-refractivity contribution is -0.138. The topological polar surface area (TPSA) is 46.2 Å². The van der Waals surface area contributed by atoms with Crippen LogP contribution >= 0.6 is 15.9 Å². The van der Waals surface area contributed by atoms with Crippen molar-refractivity contribution in [3.8, 4) is 0 Å². The Morgan fingerprint density at radius 2 is 1.76 bits per heavy atom. The van der Waals surface area contributed by atoms with Crippen LogP contribution in [0.25, 0.3) is 0 Å². The molecular weight excluding hydrogens is 399 g/mol. The van der Waals surface area contributed by atoms with Gasteiger partial charge in [-0.15, -0.1) is 0 Å². The molecule has 0 saturated carbocycles. The number of ketones is 2. The molecule has 0 aliphatic heterocycles. The smallest absolute Gasteiger partial charge is 0.375 e. The average molecular weight is 420 g/mol. The van der Waals surface area contributed by atoms with Gasteiger partial charge in [-0.25, -0.2) is 0 Å². The molecule has 0 aliphatic rings. The van der Waals surface area contributed by atoms with Crippen LogP contribution in [0.2, 0.25) is 0 Å². The van der Waals surface area contributed by atoms with Gasteiger partial charge in [0.05, 0.1) is 11.6 Å². The van der Waals surface area contributed by atoms with Crippen LogP contribution in [0.5, 0.6) is 0 Å². The summed E-state index contributed by atoms with van der Waals surface area (Å²) in [5.41, 5.74) is 0.0780. The Bertz CT molecular complexity index is 696. The van der Waals surface area contributed by atoms with Crippen molar-refractivity contribution in [2.45, 2.75) is 52.8 Å². The Balaban J connectivity index is 3.17. The quantitative estimate of drug-likeness (QED) is 0.589. The number of anilines is 1. The number of nitrogens with one attached hydrogen (secondary N) is 1. The third-order valence-electron chi connectivity index (χ3n) is 3.97. The van der Waals surface area contributed by atoms with E-state index in [0.717, 1.165) is 6.07 Å². The summed E-state index contributed by atoms with van der Waals surface area (Å²) in [5, 5.41) is 2.88. The van der Waals surface area contributed by atoms with E-state index in [0.29, 0.717) is 24.0 Å². The normalized spacial score (nSPS) is 13.9. The molecular formula is C18H21BrF3NO2. The molecule has 1 aromatic carbocycles. The first-order chi connectivity index (χ1) is 11.5. The van der Waals surface area contributed by atoms with Crippen LogP contribution in [0, 0.1) is 0 Å². The molecule has 0 aliphatic carbocycles. The number of carbonyl (C=O) groups is 2. The van der Waals surface area contributed by atoms with Crippen molar-refractivity contribution in [2.75, 3.05) is 5.32 Å². The first-order valence-electron chi connectivity index (χ1n) is 7.84. The van der Waals surface area contributed by atoms with E-state index in [9.17, 15) is 22.8 Å². The second-order valence-electron chi connectivity index (χ2n) is 5.85. The second-order valence-corrected chi connectivity index (χ2v) is 6.70. The summed E-state index contributed by atoms with van der Waals surface area (Å²) >= 11 is 2.89. The van der Waals surface area contributed by atoms with E-state index in [4.69, 9.17) is 0 Å². The summed E-state index contributed by atoms with van der Waals surface area (Å²) in [6.45, 7) is 6.38. The van der Waals surface area contributed by atoms with Crippen LogP contribution in [-0.4, -0.2) is 17.6 Å². The molecule has 1 N–H and O–H groups in total. The monoisotopic (exact) mass is 419 g/mol. The third kappa shape index (κ3) is 5.70. The predicted octanol–water partition coefficient (Wildman–Crippen LogP) is 5.54. The van der Waals surface area contributed by atoms with Gasteiger partial charge in [-0.3, -0.25) is 9.59 Å². The molecule has 25 heavy (non-hydrogen) atoms. The van der Waals surface area contributed by atoms with E-state index in [2.05, 4.69) is 21.2 Å². The summed E-state index contributed by atoms with van der Waals surface area (Å²) in [6.07, 6.45) is -3.39. The SMILES string of the molecule is CCCC(Nc1ccc(Br)c(C(F)(F)F)c1)C(=O)/C(C)=C(/C)C(C)=O. The molecule has 0 saturated heterocycles. The number of hydrogen-bond donors (Lipinski definition) is 1. The number of rotatable bonds is 7. The van der Waals surface area contributed by atoms with Crippen molar-refractivity contribution in [3.05, 3.63) is 39.4 Å². The maximum absolute atomic E-state index is 13.0. The summed E-state index contributed by atoms with van der Waals surface area (Å²) < 4.78 is 39.0. The van der Waals surface area contributed by atoms with Gasteiger partial charge >= 0.3 is 6.18 Å². The first kappa shape index (κ1) is 21.4. The number of benzene rings is 1. The highest BCUT2D eigenvalue weighted by Crippen LogP contribution is 2.36. The fourth-order valence-electron chi connectivity index (χ4n) is 2.30. The summed E-state index contributed by atoms with van der Waals surface area (Å²) in [7, 11) is 0. The summed E-state index contributed by atoms with van der Waals surface area (Å²) in [6, 6.07) is 3.05. The molecule has 0 heterocycles. The summed E-state index contributed by atoms with van der Waals surface area (Å²) in [4.78, 5) is 24.1. The second kappa shape index (κ2) is 8.65. The van der Waals surface area contributed by atoms with Crippen LogP contribution in [0.1, 0.15) is 46.1 Å². The van der Waals surface area contributed by atoms with Gasteiger partial charge in [0.25, 0.3) is 0 Å². The van der Waals surface area contributed by atoms with Crippen molar-refractivity contribution in [2.24, 2.45) is 0 Å². The Kier molecular flexibility index (Phi) is 7.41. The molecule has 1 aromatic rings. The predicted molar refractivity (Wildman–Crippen MR) is 95.5 cm³/mol. The molecule has 0 radical (unpaired) electrons. The van der Waals surface area contributed by atoms with Crippen molar-refractivity contribution in [1.82, 2.24) is 0 Å². The molecule has 0 fully saturated rings. The lowest BCUT2D eigenvalue weighted by Crippen LogP contribution is -2.31. The Morgan fingerprint density at radius 1 is 1.16 bits per heavy atom. The van der Waals surface area contributed by atoms with Gasteiger partial charge in [0.1, 0.15) is 0 Å². The fourth-order valence-corrected chi connectivity index (χ4v) is 2.77. The largest absolute Gasteiger partial charge is 0.417 e. The van der Waals surface area contributed by atoms with E-state index in [1.54, 1.807) is 13.8 Å². The van der Waals surface area contributed by atoms with E-state index < -0.39 is 17.8 Å². The maximum atomic E-state index is 13.0. The Hall–Kier alpha value is -1.63. The van der Waals surface area contributed by atoms with Gasteiger partial charge in [-0.05, 0) is 51.0 Å². The lowest BCUT2D eigenvalue weighted by atomic mass is 9.96. The van der Waals surface area contributed by atoms with Gasteiger partial charge in [0, 0.05) is 15.7 Å². The lowest BCUT2D eigenvalue weighted by Gasteiger charge is -2.20. The van der Waals surface area contributed by atoms with Gasteiger partial charge < -0.3 is 5.32 Å². The van der Waals surface area contributed by atoms with Crippen LogP contribution in [-0.2, 0) is 15.8 Å². The van der Waals surface area contributed by atoms with E-state index in [1.165, 1.54) is 19.1 Å². The number of alkyl halides is 3. The molecule has 0 amide bonds. The minimum Gasteiger partial charge on any atom is -0.375 e.